The van der Waals surface area contributed by atoms with Crippen LogP contribution in [0.15, 0.2) is 64.4 Å². The van der Waals surface area contributed by atoms with Crippen LogP contribution in [0.4, 0.5) is 10.1 Å². The maximum Gasteiger partial charge on any atom is 0.305 e. The highest BCUT2D eigenvalue weighted by Crippen LogP contribution is 2.68. The number of H-pyrrole nitrogens is 1. The molecule has 5 unspecified atom stereocenters. The number of imide groups is 1. The number of anilines is 1. The number of nitrogens with zero attached hydrogens (tertiary/aromatic N) is 1. The summed E-state index contributed by atoms with van der Waals surface area (Å²) >= 11 is 2.95. The molecule has 2 saturated carbocycles. The van der Waals surface area contributed by atoms with Gasteiger partial charge in [-0.05, 0) is 54.0 Å². The topological polar surface area (TPSA) is 70.2 Å². The Morgan fingerprint density at radius 3 is 2.33 bits per heavy atom. The first-order valence-corrected chi connectivity index (χ1v) is 12.8. The Morgan fingerprint density at radius 2 is 1.61 bits per heavy atom. The number of thioether (sulfide) groups is 1. The number of aromatic amines is 1. The predicted octanol–water partition coefficient (Wildman–Crippen LogP) is 4.25. The van der Waals surface area contributed by atoms with E-state index in [0.29, 0.717) is 5.69 Å². The summed E-state index contributed by atoms with van der Waals surface area (Å²) in [6, 6.07) is 15.8. The Hall–Kier alpha value is -2.71. The van der Waals surface area contributed by atoms with Gasteiger partial charge < -0.3 is 4.98 Å². The molecule has 3 fully saturated rings. The van der Waals surface area contributed by atoms with E-state index in [1.54, 1.807) is 11.8 Å². The number of carbonyl (C=O) groups is 2. The summed E-state index contributed by atoms with van der Waals surface area (Å²) in [6.45, 7) is 0. The van der Waals surface area contributed by atoms with Gasteiger partial charge in [-0.1, -0.05) is 41.7 Å². The number of thiazole rings is 1. The monoisotopic (exact) mass is 478 g/mol. The van der Waals surface area contributed by atoms with Crippen LogP contribution in [0, 0.1) is 35.4 Å². The summed E-state index contributed by atoms with van der Waals surface area (Å²) in [4.78, 5) is 44.6. The molecule has 2 aromatic carbocycles. The van der Waals surface area contributed by atoms with Crippen molar-refractivity contribution in [1.82, 2.24) is 4.98 Å². The summed E-state index contributed by atoms with van der Waals surface area (Å²) in [5.74, 6) is -1.03. The van der Waals surface area contributed by atoms with Gasteiger partial charge in [-0.25, -0.2) is 4.39 Å². The van der Waals surface area contributed by atoms with Gasteiger partial charge in [0, 0.05) is 16.0 Å². The van der Waals surface area contributed by atoms with Crippen molar-refractivity contribution in [3.8, 4) is 0 Å². The number of benzene rings is 2. The van der Waals surface area contributed by atoms with Crippen LogP contribution in [0.5, 0.6) is 0 Å². The van der Waals surface area contributed by atoms with E-state index < -0.39 is 5.82 Å². The molecule has 2 bridgehead atoms. The highest BCUT2D eigenvalue weighted by atomic mass is 32.2. The average Bonchev–Trinajstić information content (AvgIpc) is 3.54. The minimum absolute atomic E-state index is 0.0372. The molecule has 166 valence electrons. The van der Waals surface area contributed by atoms with Gasteiger partial charge in [0.25, 0.3) is 0 Å². The first-order chi connectivity index (χ1) is 16.0. The Morgan fingerprint density at radius 1 is 0.909 bits per heavy atom. The fourth-order valence-corrected chi connectivity index (χ4v) is 9.78. The molecule has 7 rings (SSSR count). The van der Waals surface area contributed by atoms with E-state index in [4.69, 9.17) is 0 Å². The lowest BCUT2D eigenvalue weighted by Crippen LogP contribution is -2.42. The Labute approximate surface area is 197 Å². The van der Waals surface area contributed by atoms with Gasteiger partial charge in [0.1, 0.15) is 5.82 Å². The summed E-state index contributed by atoms with van der Waals surface area (Å²) in [5, 5.41) is 1.08. The normalized spacial score (nSPS) is 33.8. The van der Waals surface area contributed by atoms with Crippen LogP contribution in [0.3, 0.4) is 0 Å². The van der Waals surface area contributed by atoms with Crippen LogP contribution in [0.2, 0.25) is 0 Å². The first-order valence-electron chi connectivity index (χ1n) is 11.1. The zero-order chi connectivity index (χ0) is 22.4. The van der Waals surface area contributed by atoms with Gasteiger partial charge in [-0.3, -0.25) is 19.3 Å². The Bertz CT molecular complexity index is 1350. The van der Waals surface area contributed by atoms with E-state index in [1.807, 2.05) is 18.2 Å². The zero-order valence-corrected chi connectivity index (χ0v) is 18.9. The third-order valence-corrected chi connectivity index (χ3v) is 10.6. The lowest BCUT2D eigenvalue weighted by Gasteiger charge is -2.43. The molecule has 0 spiro atoms. The molecule has 2 aliphatic heterocycles. The van der Waals surface area contributed by atoms with Crippen LogP contribution in [0.1, 0.15) is 22.8 Å². The second kappa shape index (κ2) is 6.90. The quantitative estimate of drug-likeness (QED) is 0.559. The van der Waals surface area contributed by atoms with E-state index in [9.17, 15) is 18.8 Å². The first kappa shape index (κ1) is 19.7. The standard InChI is InChI=1S/C25H19FN2O3S2/c26-12-6-8-13(9-7-12)28-23(29)18-14-10-15(19(18)24(28)30)20-17(14)16(11-4-2-1-3-5-11)21-22(32-20)27-25(31)33-21/h1-9,14-20H,10H2,(H,27,31)/t14-,15-,16?,17?,18?,19?,20?/m1/s1. The molecule has 1 saturated heterocycles. The molecule has 3 heterocycles. The SMILES string of the molecule is O=C1C2C(C(=O)N1c1ccc(F)cc1)[C@@H]1C[C@H]2C2Sc3[nH]c(=O)sc3C(c3ccccc3)C21. The lowest BCUT2D eigenvalue weighted by molar-refractivity contribution is -0.123. The van der Waals surface area contributed by atoms with Gasteiger partial charge in [0.05, 0.1) is 22.5 Å². The third-order valence-electron chi connectivity index (χ3n) is 7.97. The minimum atomic E-state index is -0.397. The highest BCUT2D eigenvalue weighted by Gasteiger charge is 2.69. The maximum atomic E-state index is 13.6. The number of nitrogens with one attached hydrogen (secondary N) is 1. The van der Waals surface area contributed by atoms with Gasteiger partial charge in [0.2, 0.25) is 11.8 Å². The zero-order valence-electron chi connectivity index (χ0n) is 17.3. The number of fused-ring (bicyclic) bond motifs is 9. The molecule has 4 aliphatic rings. The van der Waals surface area contributed by atoms with Crippen LogP contribution in [-0.4, -0.2) is 22.0 Å². The number of aromatic nitrogens is 1. The Kier molecular flexibility index (Phi) is 4.13. The number of carbonyl (C=O) groups excluding carboxylic acids is 2. The summed E-state index contributed by atoms with van der Waals surface area (Å²) in [6.07, 6.45) is 0.856. The number of halogens is 1. The predicted molar refractivity (Wildman–Crippen MR) is 124 cm³/mol. The van der Waals surface area contributed by atoms with Crippen molar-refractivity contribution < 1.29 is 14.0 Å². The molecule has 8 heteroatoms. The van der Waals surface area contributed by atoms with Crippen LogP contribution in [0.25, 0.3) is 0 Å². The molecule has 3 aromatic rings. The van der Waals surface area contributed by atoms with Crippen molar-refractivity contribution >= 4 is 40.6 Å². The van der Waals surface area contributed by atoms with E-state index in [1.165, 1.54) is 40.5 Å². The number of rotatable bonds is 2. The van der Waals surface area contributed by atoms with Gasteiger partial charge in [0.15, 0.2) is 0 Å². The fraction of sp³-hybridized carbons (Fsp3) is 0.320. The summed E-state index contributed by atoms with van der Waals surface area (Å²) in [7, 11) is 0. The highest BCUT2D eigenvalue weighted by molar-refractivity contribution is 8.00. The maximum absolute atomic E-state index is 13.6. The van der Waals surface area contributed by atoms with Crippen LogP contribution in [-0.2, 0) is 9.59 Å². The van der Waals surface area contributed by atoms with Crippen LogP contribution >= 0.6 is 23.1 Å². The van der Waals surface area contributed by atoms with E-state index >= 15 is 0 Å². The molecule has 7 atom stereocenters. The van der Waals surface area contributed by atoms with Crippen molar-refractivity contribution in [3.63, 3.8) is 0 Å². The summed E-state index contributed by atoms with van der Waals surface area (Å²) in [5.41, 5.74) is 1.60. The number of amides is 2. The Balaban J connectivity index is 1.33. The van der Waals surface area contributed by atoms with Crippen molar-refractivity contribution in [1.29, 1.82) is 0 Å². The fourth-order valence-electron chi connectivity index (χ4n) is 6.90. The second-order valence-corrected chi connectivity index (χ2v) is 11.6. The minimum Gasteiger partial charge on any atom is -0.307 e. The molecule has 1 N–H and O–H groups in total. The van der Waals surface area contributed by atoms with E-state index in [0.717, 1.165) is 21.9 Å². The van der Waals surface area contributed by atoms with Gasteiger partial charge >= 0.3 is 4.87 Å². The number of hydrogen-bond acceptors (Lipinski definition) is 5. The summed E-state index contributed by atoms with van der Waals surface area (Å²) < 4.78 is 13.5. The molecular formula is C25H19FN2O3S2. The smallest absolute Gasteiger partial charge is 0.305 e. The molecular weight excluding hydrogens is 459 g/mol. The van der Waals surface area contributed by atoms with Gasteiger partial charge in [-0.2, -0.15) is 0 Å². The largest absolute Gasteiger partial charge is 0.307 e. The van der Waals surface area contributed by atoms with Crippen LogP contribution < -0.4 is 9.77 Å². The van der Waals surface area contributed by atoms with Gasteiger partial charge in [-0.15, -0.1) is 11.8 Å². The van der Waals surface area contributed by atoms with Crippen molar-refractivity contribution in [2.75, 3.05) is 4.90 Å². The molecule has 5 nitrogen and oxygen atoms in total. The molecule has 0 radical (unpaired) electrons. The molecule has 2 amide bonds. The van der Waals surface area contributed by atoms with Crippen molar-refractivity contribution in [2.45, 2.75) is 22.6 Å². The van der Waals surface area contributed by atoms with E-state index in [-0.39, 0.29) is 57.4 Å². The average molecular weight is 479 g/mol. The second-order valence-electron chi connectivity index (χ2n) is 9.36. The molecule has 1 aromatic heterocycles. The third kappa shape index (κ3) is 2.62. The molecule has 2 aliphatic carbocycles. The lowest BCUT2D eigenvalue weighted by atomic mass is 9.68. The number of hydrogen-bond donors (Lipinski definition) is 1. The van der Waals surface area contributed by atoms with Crippen molar-refractivity contribution in [3.05, 3.63) is 80.5 Å². The van der Waals surface area contributed by atoms with E-state index in [2.05, 4.69) is 17.1 Å². The molecule has 33 heavy (non-hydrogen) atoms. The van der Waals surface area contributed by atoms with Crippen molar-refractivity contribution in [2.24, 2.45) is 29.6 Å².